The molecule has 0 aromatic carbocycles. The zero-order valence-electron chi connectivity index (χ0n) is 12.5. The summed E-state index contributed by atoms with van der Waals surface area (Å²) < 4.78 is 5.48. The number of methoxy groups -OCH3 is 1. The fourth-order valence-corrected chi connectivity index (χ4v) is 3.36. The first-order chi connectivity index (χ1) is 10.3. The van der Waals surface area contributed by atoms with Gasteiger partial charge in [0.05, 0.1) is 13.3 Å². The van der Waals surface area contributed by atoms with Gasteiger partial charge in [-0.2, -0.15) is 0 Å². The van der Waals surface area contributed by atoms with Gasteiger partial charge in [-0.15, -0.1) is 0 Å². The fraction of sp³-hybridized carbons (Fsp3) is 0.412. The Labute approximate surface area is 125 Å². The molecule has 0 radical (unpaired) electrons. The van der Waals surface area contributed by atoms with Crippen LogP contribution in [0.1, 0.15) is 41.6 Å². The van der Waals surface area contributed by atoms with Crippen LogP contribution in [-0.4, -0.2) is 24.1 Å². The van der Waals surface area contributed by atoms with Crippen molar-refractivity contribution in [2.45, 2.75) is 31.2 Å². The van der Waals surface area contributed by atoms with Gasteiger partial charge in [0, 0.05) is 35.6 Å². The summed E-state index contributed by atoms with van der Waals surface area (Å²) in [6, 6.07) is 6.46. The summed E-state index contributed by atoms with van der Waals surface area (Å²) in [5.41, 5.74) is 3.75. The third kappa shape index (κ3) is 2.63. The van der Waals surface area contributed by atoms with Crippen molar-refractivity contribution in [1.82, 2.24) is 15.3 Å². The topological polar surface area (TPSA) is 47.0 Å². The van der Waals surface area contributed by atoms with Crippen LogP contribution in [0.5, 0.6) is 5.75 Å². The van der Waals surface area contributed by atoms with E-state index >= 15 is 0 Å². The molecule has 2 aromatic heterocycles. The average molecular weight is 283 g/mol. The molecule has 1 aliphatic carbocycles. The summed E-state index contributed by atoms with van der Waals surface area (Å²) in [5, 5.41) is 3.46. The van der Waals surface area contributed by atoms with E-state index in [1.165, 1.54) is 17.7 Å². The first-order valence-corrected chi connectivity index (χ1v) is 7.44. The van der Waals surface area contributed by atoms with Crippen molar-refractivity contribution in [2.24, 2.45) is 0 Å². The first kappa shape index (κ1) is 14.0. The summed E-state index contributed by atoms with van der Waals surface area (Å²) in [4.78, 5) is 8.81. The number of likely N-dealkylation sites (N-methyl/N-ethyl adjacent to an activating group) is 1. The molecule has 0 spiro atoms. The van der Waals surface area contributed by atoms with Gasteiger partial charge in [-0.1, -0.05) is 6.07 Å². The van der Waals surface area contributed by atoms with Crippen molar-refractivity contribution >= 4 is 0 Å². The van der Waals surface area contributed by atoms with Gasteiger partial charge in [-0.3, -0.25) is 9.97 Å². The molecule has 2 heterocycles. The second-order valence-corrected chi connectivity index (χ2v) is 5.43. The Morgan fingerprint density at radius 2 is 2.24 bits per heavy atom. The van der Waals surface area contributed by atoms with E-state index in [0.717, 1.165) is 24.2 Å². The van der Waals surface area contributed by atoms with E-state index in [2.05, 4.69) is 21.4 Å². The number of nitrogens with one attached hydrogen (secondary N) is 1. The number of aryl methyl sites for hydroxylation is 1. The lowest BCUT2D eigenvalue weighted by molar-refractivity contribution is 0.374. The molecule has 1 N–H and O–H groups in total. The predicted molar refractivity (Wildman–Crippen MR) is 82.5 cm³/mol. The number of hydrogen-bond acceptors (Lipinski definition) is 4. The minimum absolute atomic E-state index is 0.192. The molecular formula is C17H21N3O. The third-order valence-corrected chi connectivity index (χ3v) is 4.32. The standard InChI is InChI=1S/C17H21N3O/c1-18-17(13-8-10-19-11-15(13)21-2)14-7-3-5-12-6-4-9-20-16(12)14/h4,6,8-11,14,17-18H,3,5,7H2,1-2H3. The smallest absolute Gasteiger partial charge is 0.141 e. The maximum absolute atomic E-state index is 5.48. The van der Waals surface area contributed by atoms with Gasteiger partial charge >= 0.3 is 0 Å². The van der Waals surface area contributed by atoms with E-state index < -0.39 is 0 Å². The third-order valence-electron chi connectivity index (χ3n) is 4.32. The van der Waals surface area contributed by atoms with E-state index in [9.17, 15) is 0 Å². The van der Waals surface area contributed by atoms with Crippen molar-refractivity contribution in [1.29, 1.82) is 0 Å². The van der Waals surface area contributed by atoms with Crippen LogP contribution in [0.15, 0.2) is 36.8 Å². The molecule has 1 aliphatic rings. The van der Waals surface area contributed by atoms with Crippen LogP contribution >= 0.6 is 0 Å². The predicted octanol–water partition coefficient (Wildman–Crippen LogP) is 2.87. The average Bonchev–Trinajstić information content (AvgIpc) is 2.56. The zero-order valence-corrected chi connectivity index (χ0v) is 12.5. The van der Waals surface area contributed by atoms with E-state index in [1.807, 2.05) is 31.6 Å². The van der Waals surface area contributed by atoms with Crippen LogP contribution in [0.2, 0.25) is 0 Å². The number of hydrogen-bond donors (Lipinski definition) is 1. The first-order valence-electron chi connectivity index (χ1n) is 7.44. The van der Waals surface area contributed by atoms with Gasteiger partial charge < -0.3 is 10.1 Å². The lowest BCUT2D eigenvalue weighted by atomic mass is 9.79. The maximum Gasteiger partial charge on any atom is 0.141 e. The van der Waals surface area contributed by atoms with Gasteiger partial charge in [0.1, 0.15) is 5.75 Å². The SMILES string of the molecule is CNC(c1ccncc1OC)C1CCCc2cccnc21. The number of aromatic nitrogens is 2. The molecular weight excluding hydrogens is 262 g/mol. The molecule has 4 heteroatoms. The van der Waals surface area contributed by atoms with Crippen molar-refractivity contribution in [2.75, 3.05) is 14.2 Å². The highest BCUT2D eigenvalue weighted by atomic mass is 16.5. The highest BCUT2D eigenvalue weighted by Gasteiger charge is 2.30. The van der Waals surface area contributed by atoms with E-state index in [-0.39, 0.29) is 6.04 Å². The Kier molecular flexibility index (Phi) is 4.15. The number of ether oxygens (including phenoxy) is 1. The summed E-state index contributed by atoms with van der Waals surface area (Å²) in [6.45, 7) is 0. The van der Waals surface area contributed by atoms with Gasteiger partial charge in [0.25, 0.3) is 0 Å². The second kappa shape index (κ2) is 6.22. The molecule has 2 atom stereocenters. The molecule has 110 valence electrons. The maximum atomic E-state index is 5.48. The molecule has 2 aromatic rings. The van der Waals surface area contributed by atoms with E-state index in [0.29, 0.717) is 5.92 Å². The number of pyridine rings is 2. The Hall–Kier alpha value is -1.94. The Morgan fingerprint density at radius 3 is 3.05 bits per heavy atom. The Balaban J connectivity index is 2.01. The largest absolute Gasteiger partial charge is 0.495 e. The minimum atomic E-state index is 0.192. The lowest BCUT2D eigenvalue weighted by Gasteiger charge is -2.32. The molecule has 0 fully saturated rings. The van der Waals surface area contributed by atoms with Crippen molar-refractivity contribution in [3.8, 4) is 5.75 Å². The lowest BCUT2D eigenvalue weighted by Crippen LogP contribution is -2.28. The quantitative estimate of drug-likeness (QED) is 0.937. The summed E-state index contributed by atoms with van der Waals surface area (Å²) >= 11 is 0. The van der Waals surface area contributed by atoms with Crippen LogP contribution in [0, 0.1) is 0 Å². The molecule has 21 heavy (non-hydrogen) atoms. The van der Waals surface area contributed by atoms with Gasteiger partial charge in [0.15, 0.2) is 0 Å². The van der Waals surface area contributed by atoms with Crippen LogP contribution < -0.4 is 10.1 Å². The van der Waals surface area contributed by atoms with E-state index in [4.69, 9.17) is 4.74 Å². The normalized spacial score (nSPS) is 18.9. The fourth-order valence-electron chi connectivity index (χ4n) is 3.36. The summed E-state index contributed by atoms with van der Waals surface area (Å²) in [7, 11) is 3.70. The Bertz CT molecular complexity index is 614. The van der Waals surface area contributed by atoms with Crippen molar-refractivity contribution < 1.29 is 4.74 Å². The molecule has 0 saturated heterocycles. The second-order valence-electron chi connectivity index (χ2n) is 5.43. The molecule has 0 bridgehead atoms. The molecule has 0 amide bonds. The highest BCUT2D eigenvalue weighted by Crippen LogP contribution is 2.41. The summed E-state index contributed by atoms with van der Waals surface area (Å²) in [6.07, 6.45) is 8.97. The van der Waals surface area contributed by atoms with Crippen LogP contribution in [0.3, 0.4) is 0 Å². The zero-order chi connectivity index (χ0) is 14.7. The van der Waals surface area contributed by atoms with E-state index in [1.54, 1.807) is 13.3 Å². The summed E-state index contributed by atoms with van der Waals surface area (Å²) in [5.74, 6) is 1.20. The molecule has 3 rings (SSSR count). The molecule has 2 unspecified atom stereocenters. The van der Waals surface area contributed by atoms with Crippen molar-refractivity contribution in [3.05, 3.63) is 53.6 Å². The number of fused-ring (bicyclic) bond motifs is 1. The number of nitrogens with zero attached hydrogens (tertiary/aromatic N) is 2. The van der Waals surface area contributed by atoms with Crippen LogP contribution in [0.25, 0.3) is 0 Å². The van der Waals surface area contributed by atoms with Crippen LogP contribution in [-0.2, 0) is 6.42 Å². The molecule has 4 nitrogen and oxygen atoms in total. The monoisotopic (exact) mass is 283 g/mol. The van der Waals surface area contributed by atoms with Gasteiger partial charge in [0.2, 0.25) is 0 Å². The minimum Gasteiger partial charge on any atom is -0.495 e. The molecule has 0 aliphatic heterocycles. The Morgan fingerprint density at radius 1 is 1.33 bits per heavy atom. The van der Waals surface area contributed by atoms with Crippen LogP contribution in [0.4, 0.5) is 0 Å². The van der Waals surface area contributed by atoms with Gasteiger partial charge in [-0.25, -0.2) is 0 Å². The number of rotatable bonds is 4. The van der Waals surface area contributed by atoms with Crippen molar-refractivity contribution in [3.63, 3.8) is 0 Å². The highest BCUT2D eigenvalue weighted by molar-refractivity contribution is 5.37. The van der Waals surface area contributed by atoms with Gasteiger partial charge in [-0.05, 0) is 44.0 Å². The molecule has 0 saturated carbocycles.